The standard InChI is InChI=1S/C64H45N/c1-3-17-46(18-4-1)48-33-35-50(36-34-48)51-41-43-55(44-42-51)65(56-24-15-23-54(45-56)59-31-16-22-52-21-7-8-25-57(52)59)64-32-14-13-30-63(64)62-29-12-11-28-61(62)60-27-10-9-26-58(60)53-39-37-49(38-40-53)47-19-5-2-6-20-47/h1-45H. The molecule has 0 aliphatic rings. The van der Waals surface area contributed by atoms with E-state index in [-0.39, 0.29) is 0 Å². The number of para-hydroxylation sites is 1. The number of hydrogen-bond acceptors (Lipinski definition) is 1. The van der Waals surface area contributed by atoms with Crippen LogP contribution in [0, 0.1) is 0 Å². The molecule has 65 heavy (non-hydrogen) atoms. The molecule has 0 saturated heterocycles. The van der Waals surface area contributed by atoms with E-state index >= 15 is 0 Å². The van der Waals surface area contributed by atoms with Crippen LogP contribution in [0.2, 0.25) is 0 Å². The van der Waals surface area contributed by atoms with Gasteiger partial charge in [0.15, 0.2) is 0 Å². The summed E-state index contributed by atoms with van der Waals surface area (Å²) in [6.07, 6.45) is 0. The van der Waals surface area contributed by atoms with E-state index in [0.29, 0.717) is 0 Å². The number of benzene rings is 11. The van der Waals surface area contributed by atoms with Gasteiger partial charge < -0.3 is 4.90 Å². The highest BCUT2D eigenvalue weighted by molar-refractivity contribution is 6.00. The lowest BCUT2D eigenvalue weighted by Gasteiger charge is -2.29. The molecule has 0 N–H and O–H groups in total. The van der Waals surface area contributed by atoms with Crippen molar-refractivity contribution in [2.24, 2.45) is 0 Å². The van der Waals surface area contributed by atoms with Crippen LogP contribution < -0.4 is 4.90 Å². The SMILES string of the molecule is c1ccc(-c2ccc(-c3ccc(N(c4cccc(-c5cccc6ccccc56)c4)c4ccccc4-c4ccccc4-c4ccccc4-c4ccc(-c5ccccc5)cc4)cc3)cc2)cc1. The molecule has 0 radical (unpaired) electrons. The maximum Gasteiger partial charge on any atom is 0.0540 e. The molecule has 0 spiro atoms. The van der Waals surface area contributed by atoms with Gasteiger partial charge in [-0.25, -0.2) is 0 Å². The number of fused-ring (bicyclic) bond motifs is 1. The Morgan fingerprint density at radius 1 is 0.200 bits per heavy atom. The molecule has 0 amide bonds. The van der Waals surface area contributed by atoms with E-state index in [1.54, 1.807) is 0 Å². The molecule has 0 unspecified atom stereocenters. The number of anilines is 3. The third-order valence-electron chi connectivity index (χ3n) is 12.5. The topological polar surface area (TPSA) is 3.24 Å². The molecular formula is C64H45N. The lowest BCUT2D eigenvalue weighted by molar-refractivity contribution is 1.28. The minimum absolute atomic E-state index is 1.08. The third kappa shape index (κ3) is 7.93. The highest BCUT2D eigenvalue weighted by Crippen LogP contribution is 2.46. The highest BCUT2D eigenvalue weighted by atomic mass is 15.1. The van der Waals surface area contributed by atoms with Crippen LogP contribution in [0.3, 0.4) is 0 Å². The Bertz CT molecular complexity index is 3380. The molecule has 11 aromatic carbocycles. The molecule has 1 heteroatoms. The second-order valence-electron chi connectivity index (χ2n) is 16.5. The zero-order chi connectivity index (χ0) is 43.4. The number of hydrogen-bond donors (Lipinski definition) is 0. The molecule has 0 aliphatic carbocycles. The highest BCUT2D eigenvalue weighted by Gasteiger charge is 2.21. The van der Waals surface area contributed by atoms with Gasteiger partial charge in [-0.05, 0) is 113 Å². The van der Waals surface area contributed by atoms with Crippen molar-refractivity contribution in [2.75, 3.05) is 4.90 Å². The van der Waals surface area contributed by atoms with Gasteiger partial charge in [0.05, 0.1) is 5.69 Å². The molecule has 0 bridgehead atoms. The van der Waals surface area contributed by atoms with Gasteiger partial charge in [-0.15, -0.1) is 0 Å². The minimum Gasteiger partial charge on any atom is -0.310 e. The Hall–Kier alpha value is -8.52. The zero-order valence-electron chi connectivity index (χ0n) is 35.9. The fraction of sp³-hybridized carbons (Fsp3) is 0. The van der Waals surface area contributed by atoms with Crippen LogP contribution in [-0.4, -0.2) is 0 Å². The first-order chi connectivity index (χ1) is 32.2. The average molecular weight is 828 g/mol. The quantitative estimate of drug-likeness (QED) is 0.133. The molecule has 0 aromatic heterocycles. The van der Waals surface area contributed by atoms with E-state index in [2.05, 4.69) is 278 Å². The summed E-state index contributed by atoms with van der Waals surface area (Å²) in [6, 6.07) is 98.8. The molecule has 0 fully saturated rings. The van der Waals surface area contributed by atoms with Gasteiger partial charge in [0.2, 0.25) is 0 Å². The van der Waals surface area contributed by atoms with Crippen molar-refractivity contribution in [3.63, 3.8) is 0 Å². The summed E-state index contributed by atoms with van der Waals surface area (Å²) in [6.45, 7) is 0. The molecule has 11 rings (SSSR count). The predicted octanol–water partition coefficient (Wildman–Crippen LogP) is 18.0. The first-order valence-corrected chi connectivity index (χ1v) is 22.3. The van der Waals surface area contributed by atoms with Crippen LogP contribution in [0.15, 0.2) is 273 Å². The summed E-state index contributed by atoms with van der Waals surface area (Å²) in [5, 5.41) is 2.47. The summed E-state index contributed by atoms with van der Waals surface area (Å²) in [5.41, 5.74) is 19.9. The lowest BCUT2D eigenvalue weighted by atomic mass is 9.88. The van der Waals surface area contributed by atoms with Crippen LogP contribution in [0.5, 0.6) is 0 Å². The van der Waals surface area contributed by atoms with Gasteiger partial charge in [-0.1, -0.05) is 243 Å². The Morgan fingerprint density at radius 3 is 1.20 bits per heavy atom. The second kappa shape index (κ2) is 17.7. The van der Waals surface area contributed by atoms with Crippen LogP contribution in [-0.2, 0) is 0 Å². The van der Waals surface area contributed by atoms with Crippen molar-refractivity contribution in [1.82, 2.24) is 0 Å². The van der Waals surface area contributed by atoms with Crippen LogP contribution >= 0.6 is 0 Å². The van der Waals surface area contributed by atoms with E-state index in [0.717, 1.165) is 22.6 Å². The van der Waals surface area contributed by atoms with Crippen molar-refractivity contribution in [1.29, 1.82) is 0 Å². The van der Waals surface area contributed by atoms with Crippen molar-refractivity contribution in [3.8, 4) is 77.9 Å². The van der Waals surface area contributed by atoms with Gasteiger partial charge in [0.1, 0.15) is 0 Å². The number of rotatable bonds is 10. The monoisotopic (exact) mass is 827 g/mol. The minimum atomic E-state index is 1.08. The fourth-order valence-corrected chi connectivity index (χ4v) is 9.30. The average Bonchev–Trinajstić information content (AvgIpc) is 3.40. The fourth-order valence-electron chi connectivity index (χ4n) is 9.30. The summed E-state index contributed by atoms with van der Waals surface area (Å²) < 4.78 is 0. The lowest BCUT2D eigenvalue weighted by Crippen LogP contribution is -2.11. The smallest absolute Gasteiger partial charge is 0.0540 e. The normalized spacial score (nSPS) is 11.1. The number of nitrogens with zero attached hydrogens (tertiary/aromatic N) is 1. The van der Waals surface area contributed by atoms with E-state index in [1.165, 1.54) is 83.1 Å². The summed E-state index contributed by atoms with van der Waals surface area (Å²) >= 11 is 0. The molecule has 0 saturated carbocycles. The molecule has 11 aromatic rings. The maximum absolute atomic E-state index is 2.43. The van der Waals surface area contributed by atoms with Crippen LogP contribution in [0.25, 0.3) is 88.7 Å². The largest absolute Gasteiger partial charge is 0.310 e. The summed E-state index contributed by atoms with van der Waals surface area (Å²) in [7, 11) is 0. The molecule has 306 valence electrons. The maximum atomic E-state index is 2.43. The van der Waals surface area contributed by atoms with E-state index in [1.807, 2.05) is 0 Å². The van der Waals surface area contributed by atoms with E-state index in [4.69, 9.17) is 0 Å². The van der Waals surface area contributed by atoms with Crippen molar-refractivity contribution in [2.45, 2.75) is 0 Å². The summed E-state index contributed by atoms with van der Waals surface area (Å²) in [5.74, 6) is 0. The molecule has 0 heterocycles. The predicted molar refractivity (Wildman–Crippen MR) is 277 cm³/mol. The zero-order valence-corrected chi connectivity index (χ0v) is 35.9. The van der Waals surface area contributed by atoms with Crippen molar-refractivity contribution < 1.29 is 0 Å². The van der Waals surface area contributed by atoms with Crippen molar-refractivity contribution >= 4 is 27.8 Å². The van der Waals surface area contributed by atoms with E-state index in [9.17, 15) is 0 Å². The molecular weight excluding hydrogens is 783 g/mol. The first-order valence-electron chi connectivity index (χ1n) is 22.3. The summed E-state index contributed by atoms with van der Waals surface area (Å²) in [4.78, 5) is 2.43. The molecule has 0 atom stereocenters. The molecule has 1 nitrogen and oxygen atoms in total. The Labute approximate surface area is 381 Å². The van der Waals surface area contributed by atoms with E-state index < -0.39 is 0 Å². The van der Waals surface area contributed by atoms with Gasteiger partial charge in [-0.2, -0.15) is 0 Å². The Morgan fingerprint density at radius 2 is 0.585 bits per heavy atom. The van der Waals surface area contributed by atoms with Gasteiger partial charge >= 0.3 is 0 Å². The second-order valence-corrected chi connectivity index (χ2v) is 16.5. The van der Waals surface area contributed by atoms with Gasteiger partial charge in [0.25, 0.3) is 0 Å². The first kappa shape index (κ1) is 39.3. The van der Waals surface area contributed by atoms with Gasteiger partial charge in [0, 0.05) is 16.9 Å². The van der Waals surface area contributed by atoms with Crippen LogP contribution in [0.1, 0.15) is 0 Å². The Balaban J connectivity index is 1.03. The molecule has 0 aliphatic heterocycles. The van der Waals surface area contributed by atoms with Gasteiger partial charge in [-0.3, -0.25) is 0 Å². The van der Waals surface area contributed by atoms with Crippen LogP contribution in [0.4, 0.5) is 17.1 Å². The Kier molecular flexibility index (Phi) is 10.7. The third-order valence-corrected chi connectivity index (χ3v) is 12.5. The van der Waals surface area contributed by atoms with Crippen molar-refractivity contribution in [3.05, 3.63) is 273 Å².